The van der Waals surface area contributed by atoms with Crippen molar-refractivity contribution in [2.24, 2.45) is 10.7 Å². The van der Waals surface area contributed by atoms with Crippen molar-refractivity contribution in [3.8, 4) is 0 Å². The van der Waals surface area contributed by atoms with E-state index in [4.69, 9.17) is 15.0 Å². The molecule has 0 aromatic carbocycles. The molecule has 1 aliphatic heterocycles. The number of nitrogens with zero attached hydrogens (tertiary/aromatic N) is 1. The molecule has 1 saturated heterocycles. The van der Waals surface area contributed by atoms with Crippen LogP contribution >= 0.6 is 0 Å². The number of hydrogen-bond donors (Lipinski definition) is 1. The molecular formula is C10H19BN2O2. The molecule has 1 rings (SSSR count). The highest BCUT2D eigenvalue weighted by Gasteiger charge is 2.52. The zero-order valence-electron chi connectivity index (χ0n) is 10.1. The molecule has 0 bridgehead atoms. The summed E-state index contributed by atoms with van der Waals surface area (Å²) in [6, 6.07) is 0. The minimum absolute atomic E-state index is 0.340. The van der Waals surface area contributed by atoms with Gasteiger partial charge in [-0.1, -0.05) is 0 Å². The van der Waals surface area contributed by atoms with Crippen LogP contribution in [-0.4, -0.2) is 31.6 Å². The number of allylic oxidation sites excluding steroid dienone is 1. The van der Waals surface area contributed by atoms with Crippen molar-refractivity contribution in [3.05, 3.63) is 11.7 Å². The lowest BCUT2D eigenvalue weighted by molar-refractivity contribution is 0.00578. The van der Waals surface area contributed by atoms with Gasteiger partial charge in [-0.05, 0) is 33.9 Å². The fraction of sp³-hybridized carbons (Fsp3) is 0.700. The number of nitrogens with two attached hydrogens (primary N) is 1. The molecule has 15 heavy (non-hydrogen) atoms. The normalized spacial score (nSPS) is 25.1. The molecule has 0 saturated carbocycles. The van der Waals surface area contributed by atoms with Gasteiger partial charge in [0.2, 0.25) is 0 Å². The SMILES string of the molecule is CN=CC(=CN)B1OC(C)(C)C(C)(C)O1. The summed E-state index contributed by atoms with van der Waals surface area (Å²) in [5, 5.41) is 0. The van der Waals surface area contributed by atoms with E-state index in [1.54, 1.807) is 13.3 Å². The van der Waals surface area contributed by atoms with Gasteiger partial charge >= 0.3 is 7.12 Å². The summed E-state index contributed by atoms with van der Waals surface area (Å²) < 4.78 is 11.6. The van der Waals surface area contributed by atoms with Crippen LogP contribution in [0, 0.1) is 0 Å². The Labute approximate surface area is 91.7 Å². The van der Waals surface area contributed by atoms with Crippen LogP contribution in [-0.2, 0) is 9.31 Å². The van der Waals surface area contributed by atoms with E-state index in [0.717, 1.165) is 5.47 Å². The first-order chi connectivity index (χ1) is 6.84. The molecule has 0 unspecified atom stereocenters. The molecule has 0 radical (unpaired) electrons. The predicted octanol–water partition coefficient (Wildman–Crippen LogP) is 1.16. The van der Waals surface area contributed by atoms with Gasteiger partial charge in [0.15, 0.2) is 0 Å². The van der Waals surface area contributed by atoms with Crippen molar-refractivity contribution >= 4 is 13.3 Å². The van der Waals surface area contributed by atoms with Crippen LogP contribution in [0.25, 0.3) is 0 Å². The van der Waals surface area contributed by atoms with Gasteiger partial charge < -0.3 is 15.0 Å². The van der Waals surface area contributed by atoms with Crippen molar-refractivity contribution in [1.82, 2.24) is 0 Å². The van der Waals surface area contributed by atoms with E-state index < -0.39 is 7.12 Å². The standard InChI is InChI=1S/C10H19BN2O2/c1-9(2)10(3,4)15-11(14-9)8(6-12)7-13-5/h6-7H,12H2,1-5H3. The van der Waals surface area contributed by atoms with E-state index in [9.17, 15) is 0 Å². The molecule has 4 nitrogen and oxygen atoms in total. The summed E-state index contributed by atoms with van der Waals surface area (Å²) in [5.74, 6) is 0. The van der Waals surface area contributed by atoms with Gasteiger partial charge in [-0.2, -0.15) is 0 Å². The first-order valence-electron chi connectivity index (χ1n) is 5.03. The van der Waals surface area contributed by atoms with Crippen molar-refractivity contribution in [2.45, 2.75) is 38.9 Å². The van der Waals surface area contributed by atoms with E-state index >= 15 is 0 Å². The second kappa shape index (κ2) is 3.98. The molecule has 0 spiro atoms. The summed E-state index contributed by atoms with van der Waals surface area (Å²) in [7, 11) is 1.26. The zero-order valence-corrected chi connectivity index (χ0v) is 10.1. The summed E-state index contributed by atoms with van der Waals surface area (Å²) in [6.07, 6.45) is 3.12. The van der Waals surface area contributed by atoms with Crippen LogP contribution in [0.1, 0.15) is 27.7 Å². The topological polar surface area (TPSA) is 56.8 Å². The molecule has 0 aliphatic carbocycles. The van der Waals surface area contributed by atoms with E-state index in [-0.39, 0.29) is 11.2 Å². The average Bonchev–Trinajstić information content (AvgIpc) is 2.32. The van der Waals surface area contributed by atoms with Crippen LogP contribution in [0.2, 0.25) is 0 Å². The van der Waals surface area contributed by atoms with Gasteiger partial charge in [0, 0.05) is 18.7 Å². The lowest BCUT2D eigenvalue weighted by atomic mass is 9.79. The lowest BCUT2D eigenvalue weighted by Gasteiger charge is -2.32. The fourth-order valence-corrected chi connectivity index (χ4v) is 1.31. The Morgan fingerprint density at radius 2 is 1.67 bits per heavy atom. The van der Waals surface area contributed by atoms with Crippen LogP contribution < -0.4 is 5.73 Å². The minimum atomic E-state index is -0.427. The molecule has 0 atom stereocenters. The van der Waals surface area contributed by atoms with E-state index in [0.29, 0.717) is 0 Å². The van der Waals surface area contributed by atoms with Crippen molar-refractivity contribution in [2.75, 3.05) is 7.05 Å². The lowest BCUT2D eigenvalue weighted by Crippen LogP contribution is -2.41. The third-order valence-electron chi connectivity index (χ3n) is 3.00. The van der Waals surface area contributed by atoms with Gasteiger partial charge in [-0.25, -0.2) is 0 Å². The van der Waals surface area contributed by atoms with E-state index in [2.05, 4.69) is 4.99 Å². The van der Waals surface area contributed by atoms with Crippen LogP contribution in [0.5, 0.6) is 0 Å². The molecule has 0 aromatic heterocycles. The highest BCUT2D eigenvalue weighted by Crippen LogP contribution is 2.38. The molecule has 2 N–H and O–H groups in total. The maximum absolute atomic E-state index is 5.81. The molecule has 84 valence electrons. The first-order valence-corrected chi connectivity index (χ1v) is 5.03. The Morgan fingerprint density at radius 1 is 1.20 bits per heavy atom. The van der Waals surface area contributed by atoms with Crippen LogP contribution in [0.15, 0.2) is 16.7 Å². The highest BCUT2D eigenvalue weighted by atomic mass is 16.7. The highest BCUT2D eigenvalue weighted by molar-refractivity contribution is 6.60. The summed E-state index contributed by atoms with van der Waals surface area (Å²) >= 11 is 0. The molecule has 0 aromatic rings. The third-order valence-corrected chi connectivity index (χ3v) is 3.00. The Hall–Kier alpha value is -0.805. The second-order valence-electron chi connectivity index (χ2n) is 4.64. The van der Waals surface area contributed by atoms with E-state index in [1.807, 2.05) is 27.7 Å². The maximum atomic E-state index is 5.81. The number of hydrogen-bond acceptors (Lipinski definition) is 4. The summed E-state index contributed by atoms with van der Waals surface area (Å²) in [5.41, 5.74) is 5.57. The van der Waals surface area contributed by atoms with Crippen molar-refractivity contribution in [3.63, 3.8) is 0 Å². The zero-order chi connectivity index (χ0) is 11.7. The van der Waals surface area contributed by atoms with Gasteiger partial charge in [0.05, 0.1) is 11.2 Å². The first kappa shape index (κ1) is 12.3. The Bertz CT molecular complexity index is 282. The van der Waals surface area contributed by atoms with Gasteiger partial charge in [0.25, 0.3) is 0 Å². The Morgan fingerprint density at radius 3 is 2.00 bits per heavy atom. The summed E-state index contributed by atoms with van der Waals surface area (Å²) in [4.78, 5) is 3.91. The number of aliphatic imine (C=N–C) groups is 1. The Balaban J connectivity index is 2.87. The summed E-state index contributed by atoms with van der Waals surface area (Å²) in [6.45, 7) is 8.02. The average molecular weight is 210 g/mol. The number of rotatable bonds is 2. The van der Waals surface area contributed by atoms with Crippen molar-refractivity contribution in [1.29, 1.82) is 0 Å². The smallest absolute Gasteiger partial charge is 0.405 e. The van der Waals surface area contributed by atoms with Crippen molar-refractivity contribution < 1.29 is 9.31 Å². The van der Waals surface area contributed by atoms with Crippen LogP contribution in [0.3, 0.4) is 0 Å². The third kappa shape index (κ3) is 2.24. The van der Waals surface area contributed by atoms with Gasteiger partial charge in [0.1, 0.15) is 0 Å². The quantitative estimate of drug-likeness (QED) is 0.549. The monoisotopic (exact) mass is 210 g/mol. The maximum Gasteiger partial charge on any atom is 0.497 e. The largest absolute Gasteiger partial charge is 0.497 e. The molecular weight excluding hydrogens is 191 g/mol. The molecule has 1 heterocycles. The van der Waals surface area contributed by atoms with Gasteiger partial charge in [-0.15, -0.1) is 0 Å². The molecule has 1 aliphatic rings. The van der Waals surface area contributed by atoms with E-state index in [1.165, 1.54) is 6.20 Å². The van der Waals surface area contributed by atoms with Gasteiger partial charge in [-0.3, -0.25) is 4.99 Å². The predicted molar refractivity (Wildman–Crippen MR) is 62.8 cm³/mol. The second-order valence-corrected chi connectivity index (χ2v) is 4.64. The molecule has 1 fully saturated rings. The fourth-order valence-electron chi connectivity index (χ4n) is 1.31. The minimum Gasteiger partial charge on any atom is -0.405 e. The van der Waals surface area contributed by atoms with Crippen LogP contribution in [0.4, 0.5) is 0 Å². The Kier molecular flexibility index (Phi) is 3.26. The molecule has 5 heteroatoms. The molecule has 0 amide bonds.